The molecule has 0 fully saturated rings. The molecule has 9 heavy (non-hydrogen) atoms. The van der Waals surface area contributed by atoms with Crippen molar-refractivity contribution in [3.05, 3.63) is 0 Å². The fraction of sp³-hybridized carbons (Fsp3) is 1.00. The maximum absolute atomic E-state index is 10.1. The zero-order valence-corrected chi connectivity index (χ0v) is 7.72. The molecule has 0 aliphatic rings. The first kappa shape index (κ1) is 9.96. The van der Waals surface area contributed by atoms with E-state index in [9.17, 15) is 8.42 Å². The van der Waals surface area contributed by atoms with E-state index < -0.39 is 19.3 Å². The standard InChI is InChI=1S/C2H6O3S4/c3-9(4,5)1-2(6,7)8/h6-8H,1H2,(H,3,4,5). The number of hydrogen-bond acceptors (Lipinski definition) is 5. The van der Waals surface area contributed by atoms with Gasteiger partial charge in [0.1, 0.15) is 9.16 Å². The van der Waals surface area contributed by atoms with Gasteiger partial charge >= 0.3 is 0 Å². The summed E-state index contributed by atoms with van der Waals surface area (Å²) < 4.78 is 27.0. The van der Waals surface area contributed by atoms with Crippen molar-refractivity contribution in [2.45, 2.75) is 3.41 Å². The number of rotatable bonds is 2. The predicted molar refractivity (Wildman–Crippen MR) is 46.1 cm³/mol. The molecule has 0 rings (SSSR count). The molecule has 0 amide bonds. The van der Waals surface area contributed by atoms with E-state index in [1.54, 1.807) is 0 Å². The van der Waals surface area contributed by atoms with Crippen molar-refractivity contribution >= 4 is 48.0 Å². The molecule has 0 aliphatic carbocycles. The highest BCUT2D eigenvalue weighted by molar-refractivity contribution is 8.18. The van der Waals surface area contributed by atoms with Crippen LogP contribution in [0.1, 0.15) is 0 Å². The molecule has 0 aliphatic heterocycles. The SMILES string of the molecule is O=S(=O)(O)CC(S)(S)S. The van der Waals surface area contributed by atoms with E-state index in [2.05, 4.69) is 37.9 Å². The highest BCUT2D eigenvalue weighted by Crippen LogP contribution is 2.25. The molecule has 3 nitrogen and oxygen atoms in total. The summed E-state index contributed by atoms with van der Waals surface area (Å²) in [4.78, 5) is 0. The van der Waals surface area contributed by atoms with Crippen LogP contribution in [0.15, 0.2) is 0 Å². The van der Waals surface area contributed by atoms with Gasteiger partial charge in [0, 0.05) is 0 Å². The summed E-state index contributed by atoms with van der Waals surface area (Å²) in [6, 6.07) is 0. The normalized spacial score (nSPS) is 13.8. The molecule has 7 heteroatoms. The minimum absolute atomic E-state index is 0.588. The minimum Gasteiger partial charge on any atom is -0.285 e. The second-order valence-corrected chi connectivity index (χ2v) is 6.30. The first-order chi connectivity index (χ1) is 3.71. The van der Waals surface area contributed by atoms with Gasteiger partial charge in [0.25, 0.3) is 10.1 Å². The van der Waals surface area contributed by atoms with Crippen LogP contribution < -0.4 is 0 Å². The van der Waals surface area contributed by atoms with Crippen LogP contribution in [-0.4, -0.2) is 22.1 Å². The maximum Gasteiger partial charge on any atom is 0.267 e. The molecule has 0 saturated heterocycles. The first-order valence-corrected chi connectivity index (χ1v) is 4.78. The van der Waals surface area contributed by atoms with Gasteiger partial charge in [-0.15, -0.1) is 0 Å². The second-order valence-electron chi connectivity index (χ2n) is 1.50. The zero-order chi connectivity index (χ0) is 7.71. The van der Waals surface area contributed by atoms with Crippen LogP contribution in [0.4, 0.5) is 0 Å². The Labute approximate surface area is 70.2 Å². The van der Waals surface area contributed by atoms with Crippen LogP contribution in [0.25, 0.3) is 0 Å². The summed E-state index contributed by atoms with van der Waals surface area (Å²) >= 11 is 10.9. The molecule has 0 aromatic rings. The van der Waals surface area contributed by atoms with Gasteiger partial charge in [-0.3, -0.25) is 4.55 Å². The third kappa shape index (κ3) is 8.96. The van der Waals surface area contributed by atoms with Gasteiger partial charge in [0.05, 0.1) is 0 Å². The summed E-state index contributed by atoms with van der Waals surface area (Å²) in [5.41, 5.74) is 0. The topological polar surface area (TPSA) is 54.4 Å². The van der Waals surface area contributed by atoms with Gasteiger partial charge in [-0.25, -0.2) is 0 Å². The Morgan fingerprint density at radius 1 is 1.33 bits per heavy atom. The zero-order valence-electron chi connectivity index (χ0n) is 4.22. The van der Waals surface area contributed by atoms with Crippen LogP contribution in [0.2, 0.25) is 0 Å². The number of hydrogen-bond donors (Lipinski definition) is 4. The third-order valence-corrected chi connectivity index (χ3v) is 2.29. The van der Waals surface area contributed by atoms with Gasteiger partial charge in [0.15, 0.2) is 0 Å². The Kier molecular flexibility index (Phi) is 3.22. The molecule has 0 saturated carbocycles. The molecule has 0 atom stereocenters. The molecular weight excluding hydrogens is 200 g/mol. The van der Waals surface area contributed by atoms with E-state index in [1.165, 1.54) is 0 Å². The lowest BCUT2D eigenvalue weighted by Crippen LogP contribution is -2.18. The Bertz CT molecular complexity index is 174. The fourth-order valence-corrected chi connectivity index (χ4v) is 2.20. The van der Waals surface area contributed by atoms with Crippen molar-refractivity contribution < 1.29 is 13.0 Å². The molecular formula is C2H6O3S4. The molecule has 0 heterocycles. The van der Waals surface area contributed by atoms with Gasteiger partial charge in [-0.1, -0.05) is 0 Å². The van der Waals surface area contributed by atoms with Crippen LogP contribution in [0, 0.1) is 0 Å². The van der Waals surface area contributed by atoms with Gasteiger partial charge in [0.2, 0.25) is 0 Å². The van der Waals surface area contributed by atoms with Crippen molar-refractivity contribution in [2.24, 2.45) is 0 Å². The third-order valence-electron chi connectivity index (χ3n) is 0.376. The van der Waals surface area contributed by atoms with Crippen molar-refractivity contribution in [1.29, 1.82) is 0 Å². The summed E-state index contributed by atoms with van der Waals surface area (Å²) in [6.45, 7) is 0. The van der Waals surface area contributed by atoms with Crippen molar-refractivity contribution in [3.63, 3.8) is 0 Å². The fourth-order valence-electron chi connectivity index (χ4n) is 0.245. The van der Waals surface area contributed by atoms with E-state index >= 15 is 0 Å². The Balaban J connectivity index is 4.07. The summed E-state index contributed by atoms with van der Waals surface area (Å²) in [5.74, 6) is -0.588. The summed E-state index contributed by atoms with van der Waals surface area (Å²) in [7, 11) is -4.01. The van der Waals surface area contributed by atoms with Crippen molar-refractivity contribution in [3.8, 4) is 0 Å². The highest BCUT2D eigenvalue weighted by Gasteiger charge is 2.21. The van der Waals surface area contributed by atoms with Gasteiger partial charge in [-0.05, 0) is 0 Å². The average Bonchev–Trinajstić information content (AvgIpc) is 1.14. The van der Waals surface area contributed by atoms with Crippen molar-refractivity contribution in [1.82, 2.24) is 0 Å². The van der Waals surface area contributed by atoms with Crippen LogP contribution in [0.3, 0.4) is 0 Å². The van der Waals surface area contributed by atoms with Crippen LogP contribution >= 0.6 is 37.9 Å². The quantitative estimate of drug-likeness (QED) is 0.299. The molecule has 0 unspecified atom stereocenters. The predicted octanol–water partition coefficient (Wildman–Crippen LogP) is 0.317. The molecule has 0 spiro atoms. The lowest BCUT2D eigenvalue weighted by Gasteiger charge is -2.11. The Morgan fingerprint density at radius 3 is 1.67 bits per heavy atom. The van der Waals surface area contributed by atoms with Crippen LogP contribution in [0.5, 0.6) is 0 Å². The lowest BCUT2D eigenvalue weighted by atomic mass is 10.9. The Morgan fingerprint density at radius 2 is 1.67 bits per heavy atom. The highest BCUT2D eigenvalue weighted by atomic mass is 32.2. The maximum atomic E-state index is 10.1. The van der Waals surface area contributed by atoms with E-state index in [0.29, 0.717) is 0 Å². The van der Waals surface area contributed by atoms with Gasteiger partial charge < -0.3 is 0 Å². The summed E-state index contributed by atoms with van der Waals surface area (Å²) in [5, 5.41) is 0. The van der Waals surface area contributed by atoms with E-state index in [1.807, 2.05) is 0 Å². The molecule has 0 aromatic carbocycles. The summed E-state index contributed by atoms with van der Waals surface area (Å²) in [6.07, 6.45) is 0. The molecule has 0 radical (unpaired) electrons. The van der Waals surface area contributed by atoms with Crippen molar-refractivity contribution in [2.75, 3.05) is 5.75 Å². The Hall–Kier alpha value is 0.960. The first-order valence-electron chi connectivity index (χ1n) is 1.83. The molecule has 0 aromatic heterocycles. The molecule has 0 bridgehead atoms. The van der Waals surface area contributed by atoms with Crippen LogP contribution in [-0.2, 0) is 10.1 Å². The monoisotopic (exact) mass is 206 g/mol. The van der Waals surface area contributed by atoms with E-state index in [0.717, 1.165) is 0 Å². The van der Waals surface area contributed by atoms with Gasteiger partial charge in [-0.2, -0.15) is 46.3 Å². The smallest absolute Gasteiger partial charge is 0.267 e. The molecule has 1 N–H and O–H groups in total. The minimum atomic E-state index is -4.01. The largest absolute Gasteiger partial charge is 0.285 e. The van der Waals surface area contributed by atoms with E-state index in [-0.39, 0.29) is 0 Å². The number of thiol groups is 3. The van der Waals surface area contributed by atoms with E-state index in [4.69, 9.17) is 4.55 Å². The second kappa shape index (κ2) is 2.91. The lowest BCUT2D eigenvalue weighted by molar-refractivity contribution is 0.484. The molecule has 56 valence electrons. The average molecular weight is 206 g/mol.